The van der Waals surface area contributed by atoms with Gasteiger partial charge in [-0.25, -0.2) is 4.79 Å². The zero-order valence-electron chi connectivity index (χ0n) is 24.9. The number of aliphatic hydroxyl groups is 2. The van der Waals surface area contributed by atoms with Gasteiger partial charge in [0.2, 0.25) is 5.91 Å². The monoisotopic (exact) mass is 627 g/mol. The molecule has 4 rings (SSSR count). The predicted octanol–water partition coefficient (Wildman–Crippen LogP) is 6.10. The fourth-order valence-electron chi connectivity index (χ4n) is 4.98. The van der Waals surface area contributed by atoms with Crippen LogP contribution in [0, 0.1) is 0 Å². The number of ether oxygens (including phenoxy) is 2. The van der Waals surface area contributed by atoms with Gasteiger partial charge in [-0.1, -0.05) is 42.5 Å². The summed E-state index contributed by atoms with van der Waals surface area (Å²) in [6.45, 7) is -0.135. The summed E-state index contributed by atoms with van der Waals surface area (Å²) in [6, 6.07) is 16.6. The smallest absolute Gasteiger partial charge is 0.416 e. The third-order valence-corrected chi connectivity index (χ3v) is 7.30. The summed E-state index contributed by atoms with van der Waals surface area (Å²) < 4.78 is 56.8. The summed E-state index contributed by atoms with van der Waals surface area (Å²) in [5.41, 5.74) is 1.25. The number of hydrogen-bond acceptors (Lipinski definition) is 7. The van der Waals surface area contributed by atoms with Crippen LogP contribution in [0.4, 0.5) is 13.2 Å². The zero-order chi connectivity index (χ0) is 32.4. The highest BCUT2D eigenvalue weighted by molar-refractivity contribution is 6.10. The standard InChI is InChI=1S/C34H36F3NO7/c1-43-28-20-23(10-15-29(41)38-26(21-40)18-22-8-4-2-5-9-22)19-27-30(33(42)44-17-7-3-6-16-39)31(45-32(27)28)24-11-13-25(14-12-24)34(35,36)37/h2,4-5,8-9,11-14,19-20,26,39-40H,3,6-7,10,15-18,21H2,1H3,(H,38,41)/t26-/m0/s1. The molecule has 0 fully saturated rings. The normalized spacial score (nSPS) is 12.2. The minimum absolute atomic E-state index is 0.0205. The summed E-state index contributed by atoms with van der Waals surface area (Å²) in [5.74, 6) is -0.699. The quantitative estimate of drug-likeness (QED) is 0.108. The number of alkyl halides is 3. The van der Waals surface area contributed by atoms with Gasteiger partial charge in [-0.2, -0.15) is 13.2 Å². The zero-order valence-corrected chi connectivity index (χ0v) is 24.9. The first kappa shape index (κ1) is 33.5. The van der Waals surface area contributed by atoms with Crippen LogP contribution in [0.15, 0.2) is 71.1 Å². The van der Waals surface area contributed by atoms with E-state index in [9.17, 15) is 27.9 Å². The highest BCUT2D eigenvalue weighted by Crippen LogP contribution is 2.40. The maximum absolute atomic E-state index is 13.4. The number of aliphatic hydroxyl groups excluding tert-OH is 2. The Balaban J connectivity index is 1.61. The molecule has 8 nitrogen and oxygen atoms in total. The summed E-state index contributed by atoms with van der Waals surface area (Å²) in [7, 11) is 1.42. The number of rotatable bonds is 15. The molecule has 11 heteroatoms. The molecule has 0 spiro atoms. The van der Waals surface area contributed by atoms with Gasteiger partial charge >= 0.3 is 12.1 Å². The van der Waals surface area contributed by atoms with Gasteiger partial charge in [-0.15, -0.1) is 0 Å². The predicted molar refractivity (Wildman–Crippen MR) is 162 cm³/mol. The molecule has 0 aliphatic heterocycles. The molecule has 240 valence electrons. The lowest BCUT2D eigenvalue weighted by Crippen LogP contribution is -2.39. The van der Waals surface area contributed by atoms with Crippen LogP contribution >= 0.6 is 0 Å². The van der Waals surface area contributed by atoms with Crippen molar-refractivity contribution in [1.29, 1.82) is 0 Å². The fraction of sp³-hybridized carbons (Fsp3) is 0.353. The summed E-state index contributed by atoms with van der Waals surface area (Å²) in [6.07, 6.45) is -2.01. The molecule has 0 saturated heterocycles. The first-order valence-corrected chi connectivity index (χ1v) is 14.7. The highest BCUT2D eigenvalue weighted by atomic mass is 19.4. The number of halogens is 3. The number of unbranched alkanes of at least 4 members (excludes halogenated alkanes) is 2. The maximum atomic E-state index is 13.4. The molecule has 1 heterocycles. The second kappa shape index (κ2) is 15.6. The lowest BCUT2D eigenvalue weighted by molar-refractivity contribution is -0.137. The molecule has 0 saturated carbocycles. The number of esters is 1. The van der Waals surface area contributed by atoms with Crippen LogP contribution in [0.1, 0.15) is 52.7 Å². The van der Waals surface area contributed by atoms with Crippen molar-refractivity contribution in [3.05, 3.63) is 89.0 Å². The molecule has 1 aromatic heterocycles. The molecule has 1 amide bonds. The van der Waals surface area contributed by atoms with Crippen LogP contribution in [0.3, 0.4) is 0 Å². The Morgan fingerprint density at radius 1 is 0.956 bits per heavy atom. The van der Waals surface area contributed by atoms with Crippen LogP contribution in [0.5, 0.6) is 5.75 Å². The maximum Gasteiger partial charge on any atom is 0.416 e. The largest absolute Gasteiger partial charge is 0.493 e. The Kier molecular flexibility index (Phi) is 11.6. The van der Waals surface area contributed by atoms with E-state index in [4.69, 9.17) is 19.0 Å². The van der Waals surface area contributed by atoms with Crippen LogP contribution in [-0.4, -0.2) is 55.1 Å². The lowest BCUT2D eigenvalue weighted by atomic mass is 10.0. The van der Waals surface area contributed by atoms with Crippen molar-refractivity contribution in [2.45, 2.75) is 50.7 Å². The number of furan rings is 1. The number of nitrogens with one attached hydrogen (secondary N) is 1. The fourth-order valence-corrected chi connectivity index (χ4v) is 4.98. The molecule has 0 unspecified atom stereocenters. The van der Waals surface area contributed by atoms with Crippen molar-refractivity contribution < 1.29 is 46.9 Å². The van der Waals surface area contributed by atoms with E-state index in [1.807, 2.05) is 30.3 Å². The lowest BCUT2D eigenvalue weighted by Gasteiger charge is -2.16. The second-order valence-electron chi connectivity index (χ2n) is 10.6. The molecule has 3 N–H and O–H groups in total. The molecule has 45 heavy (non-hydrogen) atoms. The van der Waals surface area contributed by atoms with Crippen molar-refractivity contribution in [2.24, 2.45) is 0 Å². The third kappa shape index (κ3) is 8.86. The van der Waals surface area contributed by atoms with E-state index in [1.54, 1.807) is 12.1 Å². The Morgan fingerprint density at radius 2 is 1.69 bits per heavy atom. The van der Waals surface area contributed by atoms with Gasteiger partial charge in [0.15, 0.2) is 11.3 Å². The summed E-state index contributed by atoms with van der Waals surface area (Å²) in [4.78, 5) is 26.2. The van der Waals surface area contributed by atoms with Gasteiger partial charge < -0.3 is 29.4 Å². The third-order valence-electron chi connectivity index (χ3n) is 7.30. The van der Waals surface area contributed by atoms with Crippen LogP contribution in [-0.2, 0) is 28.5 Å². The minimum atomic E-state index is -4.54. The molecule has 3 aromatic carbocycles. The number of benzene rings is 3. The number of fused-ring (bicyclic) bond motifs is 1. The number of aryl methyl sites for hydroxylation is 1. The van der Waals surface area contributed by atoms with E-state index < -0.39 is 23.8 Å². The number of amides is 1. The number of carbonyl (C=O) groups is 2. The average Bonchev–Trinajstić information content (AvgIpc) is 3.42. The number of hydrogen-bond donors (Lipinski definition) is 3. The average molecular weight is 628 g/mol. The Bertz CT molecular complexity index is 1570. The van der Waals surface area contributed by atoms with E-state index >= 15 is 0 Å². The first-order valence-electron chi connectivity index (χ1n) is 14.7. The second-order valence-corrected chi connectivity index (χ2v) is 10.6. The molecule has 0 bridgehead atoms. The molecule has 4 aromatic rings. The molecule has 0 radical (unpaired) electrons. The van der Waals surface area contributed by atoms with Gasteiger partial charge in [-0.3, -0.25) is 4.79 Å². The van der Waals surface area contributed by atoms with Gasteiger partial charge in [-0.05, 0) is 67.5 Å². The Labute approximate surface area is 258 Å². The Morgan fingerprint density at radius 3 is 2.33 bits per heavy atom. The van der Waals surface area contributed by atoms with Gasteiger partial charge in [0, 0.05) is 24.0 Å². The van der Waals surface area contributed by atoms with E-state index in [0.29, 0.717) is 36.6 Å². The van der Waals surface area contributed by atoms with Gasteiger partial charge in [0.1, 0.15) is 11.3 Å². The van der Waals surface area contributed by atoms with Gasteiger partial charge in [0.25, 0.3) is 0 Å². The van der Waals surface area contributed by atoms with Gasteiger partial charge in [0.05, 0.1) is 31.9 Å². The van der Waals surface area contributed by atoms with Crippen LogP contribution in [0.2, 0.25) is 0 Å². The topological polar surface area (TPSA) is 118 Å². The van der Waals surface area contributed by atoms with Crippen molar-refractivity contribution in [3.63, 3.8) is 0 Å². The first-order chi connectivity index (χ1) is 21.6. The van der Waals surface area contributed by atoms with E-state index in [1.165, 1.54) is 19.2 Å². The van der Waals surface area contributed by atoms with E-state index in [0.717, 1.165) is 17.7 Å². The molecular weight excluding hydrogens is 591 g/mol. The van der Waals surface area contributed by atoms with Crippen molar-refractivity contribution in [3.8, 4) is 17.1 Å². The summed E-state index contributed by atoms with van der Waals surface area (Å²) in [5, 5.41) is 22.0. The minimum Gasteiger partial charge on any atom is -0.493 e. The molecule has 1 atom stereocenters. The highest BCUT2D eigenvalue weighted by Gasteiger charge is 2.31. The van der Waals surface area contributed by atoms with Crippen LogP contribution in [0.25, 0.3) is 22.3 Å². The van der Waals surface area contributed by atoms with Crippen molar-refractivity contribution >= 4 is 22.8 Å². The van der Waals surface area contributed by atoms with Crippen LogP contribution < -0.4 is 10.1 Å². The van der Waals surface area contributed by atoms with Crippen molar-refractivity contribution in [1.82, 2.24) is 5.32 Å². The number of carbonyl (C=O) groups excluding carboxylic acids is 2. The van der Waals surface area contributed by atoms with Crippen molar-refractivity contribution in [2.75, 3.05) is 26.9 Å². The molecular formula is C34H36F3NO7. The van der Waals surface area contributed by atoms with E-state index in [-0.39, 0.29) is 66.8 Å². The SMILES string of the molecule is COc1cc(CCC(=O)N[C@H](CO)Cc2ccccc2)cc2c(C(=O)OCCCCCO)c(-c3ccc(C(F)(F)F)cc3)oc12. The summed E-state index contributed by atoms with van der Waals surface area (Å²) >= 11 is 0. The molecule has 0 aliphatic carbocycles. The Hall–Kier alpha value is -4.35. The number of methoxy groups -OCH3 is 1. The molecule has 0 aliphatic rings. The van der Waals surface area contributed by atoms with E-state index in [2.05, 4.69) is 5.32 Å².